The second-order valence-electron chi connectivity index (χ2n) is 6.71. The van der Waals surface area contributed by atoms with Crippen molar-refractivity contribution < 1.29 is 14.7 Å². The first kappa shape index (κ1) is 18.9. The number of aryl methyl sites for hydroxylation is 1. The van der Waals surface area contributed by atoms with Crippen molar-refractivity contribution in [2.75, 3.05) is 40.3 Å². The molecule has 1 aromatic rings. The third kappa shape index (κ3) is 5.55. The fourth-order valence-electron chi connectivity index (χ4n) is 2.80. The lowest BCUT2D eigenvalue weighted by molar-refractivity contribution is 0.127. The second-order valence-corrected chi connectivity index (χ2v) is 6.71. The molecule has 25 heavy (non-hydrogen) atoms. The van der Waals surface area contributed by atoms with Crippen LogP contribution in [0.3, 0.4) is 0 Å². The average molecular weight is 348 g/mol. The van der Waals surface area contributed by atoms with E-state index in [-0.39, 0.29) is 23.9 Å². The predicted molar refractivity (Wildman–Crippen MR) is 96.7 cm³/mol. The van der Waals surface area contributed by atoms with Crippen LogP contribution in [0.2, 0.25) is 0 Å². The number of nitrogens with zero attached hydrogens (tertiary/aromatic N) is 3. The van der Waals surface area contributed by atoms with Crippen molar-refractivity contribution in [3.8, 4) is 5.75 Å². The zero-order valence-electron chi connectivity index (χ0n) is 15.2. The highest BCUT2D eigenvalue weighted by atomic mass is 16.3. The summed E-state index contributed by atoms with van der Waals surface area (Å²) in [6.45, 7) is 4.22. The maximum Gasteiger partial charge on any atom is 0.319 e. The second kappa shape index (κ2) is 8.60. The summed E-state index contributed by atoms with van der Waals surface area (Å²) in [4.78, 5) is 29.3. The van der Waals surface area contributed by atoms with Crippen molar-refractivity contribution in [2.45, 2.75) is 25.8 Å². The first-order chi connectivity index (χ1) is 11.9. The monoisotopic (exact) mass is 348 g/mol. The molecular weight excluding hydrogens is 320 g/mol. The Labute approximate surface area is 149 Å². The number of benzene rings is 1. The SMILES string of the molecule is CC(CCc1ccc(O)cc1)NC(=O)N1CCN(C(=O)N(C)C)CC1. The summed E-state index contributed by atoms with van der Waals surface area (Å²) in [5.74, 6) is 0.261. The summed E-state index contributed by atoms with van der Waals surface area (Å²) < 4.78 is 0. The molecule has 1 atom stereocenters. The number of urea groups is 2. The van der Waals surface area contributed by atoms with Gasteiger partial charge < -0.3 is 25.1 Å². The molecule has 0 radical (unpaired) electrons. The molecule has 0 aliphatic carbocycles. The zero-order valence-corrected chi connectivity index (χ0v) is 15.2. The molecule has 1 aliphatic rings. The van der Waals surface area contributed by atoms with E-state index < -0.39 is 0 Å². The highest BCUT2D eigenvalue weighted by molar-refractivity contribution is 5.76. The lowest BCUT2D eigenvalue weighted by Gasteiger charge is -2.36. The summed E-state index contributed by atoms with van der Waals surface area (Å²) in [6.07, 6.45) is 1.67. The van der Waals surface area contributed by atoms with E-state index in [1.165, 1.54) is 0 Å². The van der Waals surface area contributed by atoms with Gasteiger partial charge in [0, 0.05) is 46.3 Å². The van der Waals surface area contributed by atoms with E-state index in [9.17, 15) is 14.7 Å². The Morgan fingerprint density at radius 2 is 1.68 bits per heavy atom. The van der Waals surface area contributed by atoms with Crippen molar-refractivity contribution in [1.82, 2.24) is 20.0 Å². The zero-order chi connectivity index (χ0) is 18.4. The Balaban J connectivity index is 1.72. The molecule has 7 nitrogen and oxygen atoms in total. The van der Waals surface area contributed by atoms with Crippen molar-refractivity contribution in [3.63, 3.8) is 0 Å². The van der Waals surface area contributed by atoms with Crippen LogP contribution in [0.15, 0.2) is 24.3 Å². The molecule has 0 spiro atoms. The number of carbonyl (C=O) groups is 2. The number of phenolic OH excluding ortho intramolecular Hbond substituents is 1. The third-order valence-corrected chi connectivity index (χ3v) is 4.39. The summed E-state index contributed by atoms with van der Waals surface area (Å²) in [6, 6.07) is 7.11. The van der Waals surface area contributed by atoms with Crippen LogP contribution in [0, 0.1) is 0 Å². The number of nitrogens with one attached hydrogen (secondary N) is 1. The summed E-state index contributed by atoms with van der Waals surface area (Å²) in [5, 5.41) is 12.3. The van der Waals surface area contributed by atoms with Crippen molar-refractivity contribution in [1.29, 1.82) is 0 Å². The third-order valence-electron chi connectivity index (χ3n) is 4.39. The van der Waals surface area contributed by atoms with Crippen LogP contribution in [-0.2, 0) is 6.42 Å². The van der Waals surface area contributed by atoms with Gasteiger partial charge in [-0.05, 0) is 37.5 Å². The summed E-state index contributed by atoms with van der Waals surface area (Å²) in [7, 11) is 3.47. The van der Waals surface area contributed by atoms with E-state index in [1.54, 1.807) is 40.9 Å². The van der Waals surface area contributed by atoms with Crippen LogP contribution in [0.25, 0.3) is 0 Å². The van der Waals surface area contributed by atoms with E-state index >= 15 is 0 Å². The molecule has 4 amide bonds. The Hall–Kier alpha value is -2.44. The molecule has 1 fully saturated rings. The number of aromatic hydroxyl groups is 1. The molecule has 2 rings (SSSR count). The van der Waals surface area contributed by atoms with Crippen molar-refractivity contribution in [3.05, 3.63) is 29.8 Å². The first-order valence-corrected chi connectivity index (χ1v) is 8.66. The van der Waals surface area contributed by atoms with Gasteiger partial charge in [-0.25, -0.2) is 9.59 Å². The Morgan fingerprint density at radius 3 is 2.24 bits per heavy atom. The predicted octanol–water partition coefficient (Wildman–Crippen LogP) is 1.72. The number of piperazine rings is 1. The largest absolute Gasteiger partial charge is 0.508 e. The molecule has 0 saturated carbocycles. The number of carbonyl (C=O) groups excluding carboxylic acids is 2. The molecule has 1 unspecified atom stereocenters. The quantitative estimate of drug-likeness (QED) is 0.870. The molecule has 1 heterocycles. The van der Waals surface area contributed by atoms with Gasteiger partial charge in [-0.2, -0.15) is 0 Å². The van der Waals surface area contributed by atoms with E-state index in [0.29, 0.717) is 26.2 Å². The first-order valence-electron chi connectivity index (χ1n) is 8.66. The molecule has 0 bridgehead atoms. The minimum absolute atomic E-state index is 0.0117. The van der Waals surface area contributed by atoms with E-state index in [4.69, 9.17) is 0 Å². The number of phenols is 1. The normalized spacial score (nSPS) is 15.6. The van der Waals surface area contributed by atoms with Crippen molar-refractivity contribution in [2.24, 2.45) is 0 Å². The van der Waals surface area contributed by atoms with Gasteiger partial charge >= 0.3 is 12.1 Å². The number of amides is 4. The van der Waals surface area contributed by atoms with Gasteiger partial charge in [0.15, 0.2) is 0 Å². The van der Waals surface area contributed by atoms with Crippen LogP contribution < -0.4 is 5.32 Å². The number of hydrogen-bond donors (Lipinski definition) is 2. The Kier molecular flexibility index (Phi) is 6.50. The van der Waals surface area contributed by atoms with Gasteiger partial charge in [0.25, 0.3) is 0 Å². The smallest absolute Gasteiger partial charge is 0.319 e. The summed E-state index contributed by atoms with van der Waals surface area (Å²) >= 11 is 0. The standard InChI is InChI=1S/C18H28N4O3/c1-14(4-5-15-6-8-16(23)9-7-15)19-17(24)21-10-12-22(13-11-21)18(25)20(2)3/h6-9,14,23H,4-5,10-13H2,1-3H3,(H,19,24). The highest BCUT2D eigenvalue weighted by Crippen LogP contribution is 2.12. The van der Waals surface area contributed by atoms with Crippen molar-refractivity contribution >= 4 is 12.1 Å². The maximum absolute atomic E-state index is 12.3. The lowest BCUT2D eigenvalue weighted by atomic mass is 10.1. The Morgan fingerprint density at radius 1 is 1.12 bits per heavy atom. The van der Waals surface area contributed by atoms with E-state index in [2.05, 4.69) is 5.32 Å². The van der Waals surface area contributed by atoms with Gasteiger partial charge in [0.1, 0.15) is 5.75 Å². The fourth-order valence-corrected chi connectivity index (χ4v) is 2.80. The topological polar surface area (TPSA) is 76.1 Å². The van der Waals surface area contributed by atoms with Crippen LogP contribution in [0.4, 0.5) is 9.59 Å². The molecule has 2 N–H and O–H groups in total. The van der Waals surface area contributed by atoms with Crippen LogP contribution in [-0.4, -0.2) is 78.2 Å². The fraction of sp³-hybridized carbons (Fsp3) is 0.556. The van der Waals surface area contributed by atoms with Crippen LogP contribution in [0.5, 0.6) is 5.75 Å². The van der Waals surface area contributed by atoms with Crippen LogP contribution >= 0.6 is 0 Å². The van der Waals surface area contributed by atoms with Gasteiger partial charge in [0.2, 0.25) is 0 Å². The molecule has 7 heteroatoms. The lowest BCUT2D eigenvalue weighted by Crippen LogP contribution is -2.55. The number of hydrogen-bond acceptors (Lipinski definition) is 3. The molecular formula is C18H28N4O3. The maximum atomic E-state index is 12.3. The molecule has 1 aromatic carbocycles. The minimum atomic E-state index is -0.0739. The molecule has 1 saturated heterocycles. The molecule has 138 valence electrons. The van der Waals surface area contributed by atoms with Gasteiger partial charge in [-0.1, -0.05) is 12.1 Å². The van der Waals surface area contributed by atoms with E-state index in [1.807, 2.05) is 19.1 Å². The molecule has 1 aliphatic heterocycles. The summed E-state index contributed by atoms with van der Waals surface area (Å²) in [5.41, 5.74) is 1.13. The van der Waals surface area contributed by atoms with Gasteiger partial charge in [0.05, 0.1) is 0 Å². The average Bonchev–Trinajstić information content (AvgIpc) is 2.60. The van der Waals surface area contributed by atoms with E-state index in [0.717, 1.165) is 18.4 Å². The van der Waals surface area contributed by atoms with Gasteiger partial charge in [-0.3, -0.25) is 0 Å². The molecule has 0 aromatic heterocycles. The Bertz CT molecular complexity index is 580. The highest BCUT2D eigenvalue weighted by Gasteiger charge is 2.25. The van der Waals surface area contributed by atoms with Crippen LogP contribution in [0.1, 0.15) is 18.9 Å². The number of rotatable bonds is 4. The van der Waals surface area contributed by atoms with Gasteiger partial charge in [-0.15, -0.1) is 0 Å². The minimum Gasteiger partial charge on any atom is -0.508 e.